The minimum absolute atomic E-state index is 0.0113. The number of nitrogens with one attached hydrogen (secondary N) is 1. The van der Waals surface area contributed by atoms with Crippen LogP contribution in [-0.2, 0) is 14.8 Å². The van der Waals surface area contributed by atoms with Crippen molar-refractivity contribution in [3.8, 4) is 11.5 Å². The van der Waals surface area contributed by atoms with E-state index in [4.69, 9.17) is 9.47 Å². The molecule has 1 atom stereocenters. The Morgan fingerprint density at radius 2 is 1.81 bits per heavy atom. The number of sulfonamides is 1. The number of methoxy groups -OCH3 is 1. The first-order valence-electron chi connectivity index (χ1n) is 10.6. The number of para-hydroxylation sites is 1. The summed E-state index contributed by atoms with van der Waals surface area (Å²) in [5.41, 5.74) is 0.918. The maximum atomic E-state index is 12.7. The molecule has 3 rings (SSSR count). The summed E-state index contributed by atoms with van der Waals surface area (Å²) in [5.74, 6) is -0.159. The van der Waals surface area contributed by atoms with Crippen LogP contribution in [0.5, 0.6) is 11.5 Å². The first-order valence-corrected chi connectivity index (χ1v) is 12.2. The maximum Gasteiger partial charge on any atom is 0.329 e. The largest absolute Gasteiger partial charge is 0.496 e. The van der Waals surface area contributed by atoms with Gasteiger partial charge >= 0.3 is 5.97 Å². The van der Waals surface area contributed by atoms with Crippen molar-refractivity contribution < 1.29 is 27.5 Å². The number of ether oxygens (including phenoxy) is 2. The van der Waals surface area contributed by atoms with Crippen LogP contribution in [0.15, 0.2) is 48.5 Å². The third-order valence-electron chi connectivity index (χ3n) is 5.23. The summed E-state index contributed by atoms with van der Waals surface area (Å²) >= 11 is 0. The molecule has 1 heterocycles. The number of carbonyl (C=O) groups excluding carboxylic acids is 2. The van der Waals surface area contributed by atoms with Gasteiger partial charge in [0.1, 0.15) is 17.5 Å². The van der Waals surface area contributed by atoms with Gasteiger partial charge in [-0.05, 0) is 62.1 Å². The Balaban J connectivity index is 1.66. The normalized spacial score (nSPS) is 16.9. The second kappa shape index (κ2) is 10.6. The fourth-order valence-electron chi connectivity index (χ4n) is 3.67. The van der Waals surface area contributed by atoms with Crippen LogP contribution in [0.4, 0.5) is 5.69 Å². The topological polar surface area (TPSA) is 102 Å². The van der Waals surface area contributed by atoms with Crippen molar-refractivity contribution in [1.29, 1.82) is 0 Å². The summed E-state index contributed by atoms with van der Waals surface area (Å²) in [6.45, 7) is 2.12. The number of benzene rings is 2. The van der Waals surface area contributed by atoms with Gasteiger partial charge in [-0.25, -0.2) is 13.2 Å². The molecule has 2 aromatic carbocycles. The van der Waals surface area contributed by atoms with Gasteiger partial charge in [-0.3, -0.25) is 4.79 Å². The number of piperidine rings is 1. The lowest BCUT2D eigenvalue weighted by atomic mass is 10.1. The van der Waals surface area contributed by atoms with E-state index in [-0.39, 0.29) is 17.4 Å². The molecule has 0 aromatic heterocycles. The van der Waals surface area contributed by atoms with Gasteiger partial charge < -0.3 is 14.8 Å². The minimum atomic E-state index is -3.50. The van der Waals surface area contributed by atoms with E-state index in [0.29, 0.717) is 36.4 Å². The van der Waals surface area contributed by atoms with E-state index in [1.807, 2.05) is 0 Å². The molecule has 9 heteroatoms. The predicted molar refractivity (Wildman–Crippen MR) is 121 cm³/mol. The zero-order chi connectivity index (χ0) is 23.1. The van der Waals surface area contributed by atoms with Gasteiger partial charge in [0.2, 0.25) is 10.0 Å². The molecular formula is C23H28N2O6S. The number of anilines is 1. The third kappa shape index (κ3) is 5.66. The minimum Gasteiger partial charge on any atom is -0.496 e. The molecule has 1 unspecified atom stereocenters. The van der Waals surface area contributed by atoms with Crippen LogP contribution in [0, 0.1) is 0 Å². The number of hydrogen-bond donors (Lipinski definition) is 1. The van der Waals surface area contributed by atoms with Crippen molar-refractivity contribution in [2.24, 2.45) is 0 Å². The van der Waals surface area contributed by atoms with Gasteiger partial charge in [-0.1, -0.05) is 19.1 Å². The summed E-state index contributed by atoms with van der Waals surface area (Å²) in [4.78, 5) is 25.2. The van der Waals surface area contributed by atoms with E-state index < -0.39 is 22.0 Å². The molecule has 0 saturated carbocycles. The van der Waals surface area contributed by atoms with Crippen LogP contribution < -0.4 is 14.8 Å². The number of carbonyl (C=O) groups is 2. The Kier molecular flexibility index (Phi) is 7.87. The average Bonchev–Trinajstić information content (AvgIpc) is 2.80. The first-order chi connectivity index (χ1) is 15.4. The highest BCUT2D eigenvalue weighted by molar-refractivity contribution is 7.89. The number of nitrogens with zero attached hydrogens (tertiary/aromatic N) is 1. The highest BCUT2D eigenvalue weighted by Gasteiger charge is 2.37. The molecule has 1 fully saturated rings. The van der Waals surface area contributed by atoms with Crippen molar-refractivity contribution in [3.63, 3.8) is 0 Å². The number of hydrogen-bond acceptors (Lipinski definition) is 6. The summed E-state index contributed by atoms with van der Waals surface area (Å²) in [7, 11) is -2.00. The summed E-state index contributed by atoms with van der Waals surface area (Å²) < 4.78 is 37.0. The van der Waals surface area contributed by atoms with E-state index in [9.17, 15) is 18.0 Å². The van der Waals surface area contributed by atoms with Crippen molar-refractivity contribution in [2.45, 2.75) is 38.6 Å². The van der Waals surface area contributed by atoms with Crippen LogP contribution in [-0.4, -0.2) is 50.0 Å². The molecule has 172 valence electrons. The van der Waals surface area contributed by atoms with Crippen LogP contribution in [0.25, 0.3) is 0 Å². The van der Waals surface area contributed by atoms with Gasteiger partial charge in [0.05, 0.1) is 18.4 Å². The Hall–Kier alpha value is -2.91. The summed E-state index contributed by atoms with van der Waals surface area (Å²) in [6, 6.07) is 12.4. The Labute approximate surface area is 188 Å². The van der Waals surface area contributed by atoms with E-state index in [2.05, 4.69) is 5.32 Å². The monoisotopic (exact) mass is 460 g/mol. The fraction of sp³-hybridized carbons (Fsp3) is 0.391. The van der Waals surface area contributed by atoms with E-state index in [1.165, 1.54) is 11.4 Å². The molecule has 0 aliphatic carbocycles. The smallest absolute Gasteiger partial charge is 0.329 e. The summed E-state index contributed by atoms with van der Waals surface area (Å²) in [5, 5.41) is 2.77. The van der Waals surface area contributed by atoms with Crippen molar-refractivity contribution in [1.82, 2.24) is 4.31 Å². The predicted octanol–water partition coefficient (Wildman–Crippen LogP) is 3.45. The second-order valence-corrected chi connectivity index (χ2v) is 9.58. The highest BCUT2D eigenvalue weighted by Crippen LogP contribution is 2.25. The highest BCUT2D eigenvalue weighted by atomic mass is 32.2. The standard InChI is InChI=1S/C23H28N2O6S/c1-3-16-32(28,29)25-15-7-6-9-20(25)23(27)31-18-13-11-17(12-14-18)24-22(26)19-8-4-5-10-21(19)30-2/h4-5,8,10-14,20H,3,6-7,9,15-16H2,1-2H3,(H,24,26). The van der Waals surface area contributed by atoms with Crippen molar-refractivity contribution >= 4 is 27.6 Å². The Bertz CT molecular complexity index is 1050. The molecule has 0 bridgehead atoms. The molecule has 32 heavy (non-hydrogen) atoms. The van der Waals surface area contributed by atoms with Gasteiger partial charge in [-0.15, -0.1) is 0 Å². The number of amides is 1. The third-order valence-corrected chi connectivity index (χ3v) is 7.30. The van der Waals surface area contributed by atoms with E-state index >= 15 is 0 Å². The molecule has 2 aromatic rings. The van der Waals surface area contributed by atoms with Gasteiger partial charge in [0.15, 0.2) is 0 Å². The lowest BCUT2D eigenvalue weighted by molar-refractivity contribution is -0.139. The molecule has 0 radical (unpaired) electrons. The first kappa shape index (κ1) is 23.7. The van der Waals surface area contributed by atoms with Crippen LogP contribution in [0.1, 0.15) is 43.0 Å². The van der Waals surface area contributed by atoms with E-state index in [0.717, 1.165) is 12.8 Å². The molecule has 1 amide bonds. The quantitative estimate of drug-likeness (QED) is 0.478. The van der Waals surface area contributed by atoms with Gasteiger partial charge in [0, 0.05) is 12.2 Å². The summed E-state index contributed by atoms with van der Waals surface area (Å²) in [6.07, 6.45) is 2.43. The molecule has 1 N–H and O–H groups in total. The van der Waals surface area contributed by atoms with Crippen LogP contribution in [0.2, 0.25) is 0 Å². The number of rotatable bonds is 8. The van der Waals surface area contributed by atoms with E-state index in [1.54, 1.807) is 55.5 Å². The molecule has 1 saturated heterocycles. The maximum absolute atomic E-state index is 12.7. The van der Waals surface area contributed by atoms with Crippen molar-refractivity contribution in [2.75, 3.05) is 24.7 Å². The van der Waals surface area contributed by atoms with Gasteiger partial charge in [0.25, 0.3) is 5.91 Å². The second-order valence-electron chi connectivity index (χ2n) is 7.54. The molecule has 1 aliphatic heterocycles. The molecular weight excluding hydrogens is 432 g/mol. The Morgan fingerprint density at radius 1 is 1.09 bits per heavy atom. The van der Waals surface area contributed by atoms with Crippen LogP contribution in [0.3, 0.4) is 0 Å². The SMILES string of the molecule is CCCS(=O)(=O)N1CCCCC1C(=O)Oc1ccc(NC(=O)c2ccccc2OC)cc1. The Morgan fingerprint density at radius 3 is 2.50 bits per heavy atom. The molecule has 8 nitrogen and oxygen atoms in total. The zero-order valence-corrected chi connectivity index (χ0v) is 19.1. The zero-order valence-electron chi connectivity index (χ0n) is 18.2. The van der Waals surface area contributed by atoms with Crippen molar-refractivity contribution in [3.05, 3.63) is 54.1 Å². The molecule has 1 aliphatic rings. The fourth-order valence-corrected chi connectivity index (χ4v) is 5.41. The van der Waals surface area contributed by atoms with Gasteiger partial charge in [-0.2, -0.15) is 4.31 Å². The molecule has 0 spiro atoms. The lowest BCUT2D eigenvalue weighted by Crippen LogP contribution is -2.50. The van der Waals surface area contributed by atoms with Crippen LogP contribution >= 0.6 is 0 Å². The lowest BCUT2D eigenvalue weighted by Gasteiger charge is -2.32. The number of esters is 1. The average molecular weight is 461 g/mol.